The first-order valence-electron chi connectivity index (χ1n) is 8.67. The van der Waals surface area contributed by atoms with Crippen LogP contribution >= 0.6 is 11.6 Å². The Bertz CT molecular complexity index is 953. The SMILES string of the molecule is COc1ccc(C2CC(c3ccc(Cl)cc3)N(C(C)=O)c3ncnn32)cc1. The molecule has 0 saturated carbocycles. The Balaban J connectivity index is 1.80. The van der Waals surface area contributed by atoms with Gasteiger partial charge in [-0.05, 0) is 41.8 Å². The van der Waals surface area contributed by atoms with E-state index < -0.39 is 0 Å². The second kappa shape index (κ2) is 7.04. The molecular weight excluding hydrogens is 364 g/mol. The summed E-state index contributed by atoms with van der Waals surface area (Å²) in [7, 11) is 1.65. The summed E-state index contributed by atoms with van der Waals surface area (Å²) in [5.41, 5.74) is 2.10. The normalized spacial score (nSPS) is 18.9. The number of carbonyl (C=O) groups is 1. The van der Waals surface area contributed by atoms with Crippen molar-refractivity contribution in [2.45, 2.75) is 25.4 Å². The maximum atomic E-state index is 12.4. The molecule has 0 saturated heterocycles. The summed E-state index contributed by atoms with van der Waals surface area (Å²) in [6.45, 7) is 1.55. The number of nitrogens with zero attached hydrogens (tertiary/aromatic N) is 4. The van der Waals surface area contributed by atoms with Gasteiger partial charge in [-0.1, -0.05) is 35.9 Å². The Morgan fingerprint density at radius 1 is 1.07 bits per heavy atom. The van der Waals surface area contributed by atoms with Crippen LogP contribution in [0.25, 0.3) is 0 Å². The third kappa shape index (κ3) is 3.17. The van der Waals surface area contributed by atoms with Crippen LogP contribution in [-0.4, -0.2) is 27.8 Å². The van der Waals surface area contributed by atoms with Gasteiger partial charge < -0.3 is 4.74 Å². The lowest BCUT2D eigenvalue weighted by Gasteiger charge is -2.38. The molecule has 2 unspecified atom stereocenters. The number of rotatable bonds is 3. The first kappa shape index (κ1) is 17.5. The maximum Gasteiger partial charge on any atom is 0.231 e. The van der Waals surface area contributed by atoms with Gasteiger partial charge in [0.05, 0.1) is 19.2 Å². The molecule has 27 heavy (non-hydrogen) atoms. The van der Waals surface area contributed by atoms with Crippen LogP contribution in [0.5, 0.6) is 5.75 Å². The van der Waals surface area contributed by atoms with E-state index in [-0.39, 0.29) is 18.0 Å². The summed E-state index contributed by atoms with van der Waals surface area (Å²) in [4.78, 5) is 18.5. The van der Waals surface area contributed by atoms with Crippen LogP contribution in [0.4, 0.5) is 5.95 Å². The molecule has 138 valence electrons. The number of halogens is 1. The number of aromatic nitrogens is 3. The van der Waals surface area contributed by atoms with Crippen molar-refractivity contribution in [2.75, 3.05) is 12.0 Å². The molecule has 2 heterocycles. The first-order chi connectivity index (χ1) is 13.1. The molecule has 1 aliphatic rings. The number of fused-ring (bicyclic) bond motifs is 1. The minimum Gasteiger partial charge on any atom is -0.497 e. The number of amides is 1. The second-order valence-corrected chi connectivity index (χ2v) is 6.92. The number of hydrogen-bond acceptors (Lipinski definition) is 4. The summed E-state index contributed by atoms with van der Waals surface area (Å²) in [5.74, 6) is 1.28. The molecule has 7 heteroatoms. The fraction of sp³-hybridized carbons (Fsp3) is 0.250. The van der Waals surface area contributed by atoms with Crippen molar-refractivity contribution < 1.29 is 9.53 Å². The summed E-state index contributed by atoms with van der Waals surface area (Å²) in [6.07, 6.45) is 2.18. The van der Waals surface area contributed by atoms with E-state index in [1.807, 2.05) is 53.2 Å². The Morgan fingerprint density at radius 3 is 2.33 bits per heavy atom. The van der Waals surface area contributed by atoms with Crippen LogP contribution in [0.3, 0.4) is 0 Å². The monoisotopic (exact) mass is 382 g/mol. The van der Waals surface area contributed by atoms with Gasteiger partial charge >= 0.3 is 0 Å². The van der Waals surface area contributed by atoms with E-state index in [2.05, 4.69) is 10.1 Å². The van der Waals surface area contributed by atoms with Crippen molar-refractivity contribution in [1.29, 1.82) is 0 Å². The van der Waals surface area contributed by atoms with Crippen LogP contribution in [0.15, 0.2) is 54.9 Å². The number of benzene rings is 2. The van der Waals surface area contributed by atoms with Crippen molar-refractivity contribution in [3.63, 3.8) is 0 Å². The molecule has 0 bridgehead atoms. The molecule has 0 radical (unpaired) electrons. The molecule has 6 nitrogen and oxygen atoms in total. The average molecular weight is 383 g/mol. The van der Waals surface area contributed by atoms with E-state index in [0.29, 0.717) is 17.4 Å². The van der Waals surface area contributed by atoms with Crippen LogP contribution in [-0.2, 0) is 4.79 Å². The van der Waals surface area contributed by atoms with Gasteiger partial charge in [0.2, 0.25) is 11.9 Å². The lowest BCUT2D eigenvalue weighted by molar-refractivity contribution is -0.117. The molecule has 0 aliphatic carbocycles. The molecule has 1 amide bonds. The molecule has 0 spiro atoms. The van der Waals surface area contributed by atoms with Gasteiger partial charge in [0.25, 0.3) is 0 Å². The van der Waals surface area contributed by atoms with Crippen molar-refractivity contribution in [1.82, 2.24) is 14.8 Å². The Kier molecular flexibility index (Phi) is 4.58. The Morgan fingerprint density at radius 2 is 1.70 bits per heavy atom. The number of anilines is 1. The molecule has 0 N–H and O–H groups in total. The number of ether oxygens (including phenoxy) is 1. The van der Waals surface area contributed by atoms with Crippen molar-refractivity contribution in [2.24, 2.45) is 0 Å². The minimum atomic E-state index is -0.149. The molecule has 1 aliphatic heterocycles. The first-order valence-corrected chi connectivity index (χ1v) is 9.05. The highest BCUT2D eigenvalue weighted by molar-refractivity contribution is 6.30. The van der Waals surface area contributed by atoms with E-state index in [9.17, 15) is 4.79 Å². The largest absolute Gasteiger partial charge is 0.497 e. The number of hydrogen-bond donors (Lipinski definition) is 0. The van der Waals surface area contributed by atoms with Gasteiger partial charge in [0, 0.05) is 11.9 Å². The fourth-order valence-corrected chi connectivity index (χ4v) is 3.75. The standard InChI is InChI=1S/C20H19ClN4O2/c1-13(26)24-18(14-3-7-16(21)8-4-14)11-19(25-20(24)22-12-23-25)15-5-9-17(27-2)10-6-15/h3-10,12,18-19H,11H2,1-2H3. The van der Waals surface area contributed by atoms with E-state index in [1.54, 1.807) is 18.9 Å². The molecule has 0 fully saturated rings. The molecule has 4 rings (SSSR count). The average Bonchev–Trinajstić information content (AvgIpc) is 3.16. The van der Waals surface area contributed by atoms with Crippen LogP contribution in [0, 0.1) is 0 Å². The van der Waals surface area contributed by atoms with Crippen molar-refractivity contribution in [3.05, 3.63) is 71.0 Å². The van der Waals surface area contributed by atoms with Gasteiger partial charge in [0.1, 0.15) is 12.1 Å². The van der Waals surface area contributed by atoms with E-state index >= 15 is 0 Å². The summed E-state index contributed by atoms with van der Waals surface area (Å²) in [5, 5.41) is 5.06. The summed E-state index contributed by atoms with van der Waals surface area (Å²) >= 11 is 6.05. The third-order valence-electron chi connectivity index (χ3n) is 4.92. The van der Waals surface area contributed by atoms with E-state index in [1.165, 1.54) is 6.33 Å². The lowest BCUT2D eigenvalue weighted by Crippen LogP contribution is -2.41. The summed E-state index contributed by atoms with van der Waals surface area (Å²) in [6, 6.07) is 15.3. The van der Waals surface area contributed by atoms with Crippen LogP contribution in [0.2, 0.25) is 5.02 Å². The fourth-order valence-electron chi connectivity index (χ4n) is 3.63. The van der Waals surface area contributed by atoms with Crippen molar-refractivity contribution in [3.8, 4) is 5.75 Å². The quantitative estimate of drug-likeness (QED) is 0.686. The third-order valence-corrected chi connectivity index (χ3v) is 5.17. The molecule has 3 aromatic rings. The number of carbonyl (C=O) groups excluding carboxylic acids is 1. The predicted molar refractivity (Wildman–Crippen MR) is 103 cm³/mol. The smallest absolute Gasteiger partial charge is 0.231 e. The summed E-state index contributed by atoms with van der Waals surface area (Å²) < 4.78 is 7.08. The highest BCUT2D eigenvalue weighted by Gasteiger charge is 2.38. The second-order valence-electron chi connectivity index (χ2n) is 6.49. The van der Waals surface area contributed by atoms with Gasteiger partial charge in [-0.15, -0.1) is 0 Å². The zero-order valence-corrected chi connectivity index (χ0v) is 15.8. The molecular formula is C20H19ClN4O2. The number of methoxy groups -OCH3 is 1. The van der Waals surface area contributed by atoms with E-state index in [4.69, 9.17) is 16.3 Å². The highest BCUT2D eigenvalue weighted by atomic mass is 35.5. The van der Waals surface area contributed by atoms with Crippen LogP contribution in [0.1, 0.15) is 36.6 Å². The highest BCUT2D eigenvalue weighted by Crippen LogP contribution is 2.42. The lowest BCUT2D eigenvalue weighted by atomic mass is 9.92. The Labute approximate surface area is 162 Å². The van der Waals surface area contributed by atoms with Gasteiger partial charge in [-0.2, -0.15) is 10.1 Å². The van der Waals surface area contributed by atoms with E-state index in [0.717, 1.165) is 16.9 Å². The predicted octanol–water partition coefficient (Wildman–Crippen LogP) is 4.03. The molecule has 2 atom stereocenters. The zero-order valence-electron chi connectivity index (χ0n) is 15.0. The molecule has 2 aromatic carbocycles. The zero-order chi connectivity index (χ0) is 19.0. The van der Waals surface area contributed by atoms with Crippen molar-refractivity contribution >= 4 is 23.5 Å². The Hall–Kier alpha value is -2.86. The van der Waals surface area contributed by atoms with Gasteiger partial charge in [0.15, 0.2) is 0 Å². The van der Waals surface area contributed by atoms with Gasteiger partial charge in [-0.25, -0.2) is 4.68 Å². The minimum absolute atomic E-state index is 0.0373. The van der Waals surface area contributed by atoms with Gasteiger partial charge in [-0.3, -0.25) is 9.69 Å². The molecule has 1 aromatic heterocycles. The maximum absolute atomic E-state index is 12.4. The topological polar surface area (TPSA) is 60.2 Å². The van der Waals surface area contributed by atoms with Crippen LogP contribution < -0.4 is 9.64 Å².